The Morgan fingerprint density at radius 2 is 1.83 bits per heavy atom. The van der Waals surface area contributed by atoms with E-state index in [1.54, 1.807) is 18.9 Å². The summed E-state index contributed by atoms with van der Waals surface area (Å²) < 4.78 is 5.35. The van der Waals surface area contributed by atoms with Crippen LogP contribution in [-0.4, -0.2) is 18.8 Å². The molecule has 0 heterocycles. The van der Waals surface area contributed by atoms with E-state index in [0.29, 0.717) is 5.75 Å². The third-order valence-electron chi connectivity index (χ3n) is 3.77. The number of ether oxygens (including phenoxy) is 1. The van der Waals surface area contributed by atoms with Gasteiger partial charge in [0.2, 0.25) is 5.91 Å². The number of carbonyl (C=O) groups excluding carboxylic acids is 1. The van der Waals surface area contributed by atoms with Crippen molar-refractivity contribution in [2.75, 3.05) is 12.9 Å². The zero-order valence-electron chi connectivity index (χ0n) is 14.8. The number of hydrogen-bond donors (Lipinski definition) is 1. The summed E-state index contributed by atoms with van der Waals surface area (Å²) in [6.45, 7) is 6.18. The van der Waals surface area contributed by atoms with Crippen LogP contribution in [0.2, 0.25) is 0 Å². The van der Waals surface area contributed by atoms with Crippen LogP contribution in [0, 0.1) is 13.8 Å². The third-order valence-corrected chi connectivity index (χ3v) is 4.77. The molecule has 2 aromatic rings. The van der Waals surface area contributed by atoms with Gasteiger partial charge in [-0.15, -0.1) is 11.8 Å². The molecule has 0 aliphatic heterocycles. The predicted molar refractivity (Wildman–Crippen MR) is 102 cm³/mol. The Morgan fingerprint density at radius 3 is 2.50 bits per heavy atom. The average molecular weight is 343 g/mol. The predicted octanol–water partition coefficient (Wildman–Crippen LogP) is 4.42. The second kappa shape index (κ2) is 8.78. The zero-order valence-corrected chi connectivity index (χ0v) is 15.6. The van der Waals surface area contributed by atoms with Crippen molar-refractivity contribution in [3.8, 4) is 5.75 Å². The fraction of sp³-hybridized carbons (Fsp3) is 0.350. The van der Waals surface area contributed by atoms with Gasteiger partial charge in [-0.2, -0.15) is 0 Å². The lowest BCUT2D eigenvalue weighted by atomic mass is 10.1. The van der Waals surface area contributed by atoms with Crippen LogP contribution in [0.3, 0.4) is 0 Å². The number of methoxy groups -OCH3 is 1. The molecule has 0 saturated carbocycles. The smallest absolute Gasteiger partial charge is 0.230 e. The van der Waals surface area contributed by atoms with Crippen molar-refractivity contribution in [1.82, 2.24) is 5.32 Å². The second-order valence-electron chi connectivity index (χ2n) is 6.02. The van der Waals surface area contributed by atoms with Crippen LogP contribution in [-0.2, 0) is 10.5 Å². The van der Waals surface area contributed by atoms with Gasteiger partial charge in [0.25, 0.3) is 0 Å². The molecule has 0 fully saturated rings. The molecule has 24 heavy (non-hydrogen) atoms. The van der Waals surface area contributed by atoms with Crippen molar-refractivity contribution in [2.45, 2.75) is 32.6 Å². The number of carbonyl (C=O) groups is 1. The molecule has 4 heteroatoms. The summed E-state index contributed by atoms with van der Waals surface area (Å²) in [7, 11) is 1.65. The Morgan fingerprint density at radius 1 is 1.17 bits per heavy atom. The topological polar surface area (TPSA) is 38.3 Å². The molecule has 2 rings (SSSR count). The number of hydrogen-bond acceptors (Lipinski definition) is 3. The maximum absolute atomic E-state index is 12.2. The van der Waals surface area contributed by atoms with Crippen molar-refractivity contribution < 1.29 is 9.53 Å². The van der Waals surface area contributed by atoms with Crippen LogP contribution in [0.5, 0.6) is 5.75 Å². The van der Waals surface area contributed by atoms with Gasteiger partial charge in [-0.1, -0.05) is 47.5 Å². The minimum Gasteiger partial charge on any atom is -0.496 e. The summed E-state index contributed by atoms with van der Waals surface area (Å²) in [5.74, 6) is 2.14. The lowest BCUT2D eigenvalue weighted by molar-refractivity contribution is -0.119. The van der Waals surface area contributed by atoms with Gasteiger partial charge >= 0.3 is 0 Å². The molecular weight excluding hydrogens is 318 g/mol. The number of para-hydroxylation sites is 1. The first-order chi connectivity index (χ1) is 11.5. The van der Waals surface area contributed by atoms with Gasteiger partial charge in [-0.05, 0) is 32.4 Å². The van der Waals surface area contributed by atoms with E-state index < -0.39 is 0 Å². The van der Waals surface area contributed by atoms with E-state index in [-0.39, 0.29) is 11.9 Å². The highest BCUT2D eigenvalue weighted by atomic mass is 32.2. The summed E-state index contributed by atoms with van der Waals surface area (Å²) >= 11 is 1.64. The summed E-state index contributed by atoms with van der Waals surface area (Å²) in [4.78, 5) is 12.2. The summed E-state index contributed by atoms with van der Waals surface area (Å²) in [6.07, 6.45) is 0. The number of aryl methyl sites for hydroxylation is 2. The van der Waals surface area contributed by atoms with E-state index in [1.807, 2.05) is 31.2 Å². The maximum Gasteiger partial charge on any atom is 0.230 e. The van der Waals surface area contributed by atoms with E-state index in [2.05, 4.69) is 37.4 Å². The number of amides is 1. The summed E-state index contributed by atoms with van der Waals surface area (Å²) in [5, 5.41) is 3.04. The van der Waals surface area contributed by atoms with Crippen LogP contribution in [0.15, 0.2) is 42.5 Å². The van der Waals surface area contributed by atoms with E-state index in [0.717, 1.165) is 17.1 Å². The Kier molecular flexibility index (Phi) is 6.73. The third kappa shape index (κ3) is 5.31. The monoisotopic (exact) mass is 343 g/mol. The standard InChI is InChI=1S/C20H25NO2S/c1-14-9-15(2)11-17(10-14)12-24-13-20(22)21-16(3)18-7-5-6-8-19(18)23-4/h5-11,16H,12-13H2,1-4H3,(H,21,22). The molecule has 1 N–H and O–H groups in total. The molecule has 128 valence electrons. The molecular formula is C20H25NO2S. The van der Waals surface area contributed by atoms with E-state index in [1.165, 1.54) is 16.7 Å². The van der Waals surface area contributed by atoms with E-state index in [9.17, 15) is 4.79 Å². The fourth-order valence-electron chi connectivity index (χ4n) is 2.80. The van der Waals surface area contributed by atoms with Gasteiger partial charge in [-0.3, -0.25) is 4.79 Å². The molecule has 0 aliphatic carbocycles. The fourth-order valence-corrected chi connectivity index (χ4v) is 3.57. The molecule has 1 unspecified atom stereocenters. The SMILES string of the molecule is COc1ccccc1C(C)NC(=O)CSCc1cc(C)cc(C)c1. The van der Waals surface area contributed by atoms with Gasteiger partial charge in [0.1, 0.15) is 5.75 Å². The Hall–Kier alpha value is -1.94. The van der Waals surface area contributed by atoms with Crippen molar-refractivity contribution in [2.24, 2.45) is 0 Å². The lowest BCUT2D eigenvalue weighted by Gasteiger charge is -2.17. The Labute approximate surface area is 148 Å². The highest BCUT2D eigenvalue weighted by molar-refractivity contribution is 7.99. The lowest BCUT2D eigenvalue weighted by Crippen LogP contribution is -2.28. The van der Waals surface area contributed by atoms with Crippen molar-refractivity contribution in [3.05, 3.63) is 64.7 Å². The maximum atomic E-state index is 12.2. The molecule has 0 spiro atoms. The van der Waals surface area contributed by atoms with Gasteiger partial charge in [0, 0.05) is 11.3 Å². The number of thioether (sulfide) groups is 1. The second-order valence-corrected chi connectivity index (χ2v) is 7.01. The molecule has 0 bridgehead atoms. The first kappa shape index (κ1) is 18.4. The molecule has 1 atom stereocenters. The van der Waals surface area contributed by atoms with Crippen LogP contribution in [0.4, 0.5) is 0 Å². The molecule has 3 nitrogen and oxygen atoms in total. The zero-order chi connectivity index (χ0) is 17.5. The average Bonchev–Trinajstić information content (AvgIpc) is 2.53. The van der Waals surface area contributed by atoms with E-state index >= 15 is 0 Å². The minimum absolute atomic E-state index is 0.0442. The highest BCUT2D eigenvalue weighted by Gasteiger charge is 2.13. The quantitative estimate of drug-likeness (QED) is 0.808. The first-order valence-electron chi connectivity index (χ1n) is 8.07. The van der Waals surface area contributed by atoms with Gasteiger partial charge in [0.05, 0.1) is 18.9 Å². The summed E-state index contributed by atoms with van der Waals surface area (Å²) in [6, 6.07) is 14.2. The number of rotatable bonds is 7. The Balaban J connectivity index is 1.84. The van der Waals surface area contributed by atoms with Crippen LogP contribution < -0.4 is 10.1 Å². The number of benzene rings is 2. The van der Waals surface area contributed by atoms with Crippen LogP contribution in [0.25, 0.3) is 0 Å². The molecule has 0 aromatic heterocycles. The molecule has 0 radical (unpaired) electrons. The molecule has 1 amide bonds. The van der Waals surface area contributed by atoms with Gasteiger partial charge < -0.3 is 10.1 Å². The van der Waals surface area contributed by atoms with Gasteiger partial charge in [-0.25, -0.2) is 0 Å². The Bertz CT molecular complexity index is 680. The van der Waals surface area contributed by atoms with Crippen LogP contribution in [0.1, 0.15) is 35.2 Å². The normalized spacial score (nSPS) is 11.8. The van der Waals surface area contributed by atoms with Crippen molar-refractivity contribution in [1.29, 1.82) is 0 Å². The first-order valence-corrected chi connectivity index (χ1v) is 9.22. The van der Waals surface area contributed by atoms with E-state index in [4.69, 9.17) is 4.74 Å². The molecule has 0 aliphatic rings. The molecule has 2 aromatic carbocycles. The molecule has 0 saturated heterocycles. The largest absolute Gasteiger partial charge is 0.496 e. The van der Waals surface area contributed by atoms with Crippen LogP contribution >= 0.6 is 11.8 Å². The van der Waals surface area contributed by atoms with Crippen molar-refractivity contribution in [3.63, 3.8) is 0 Å². The summed E-state index contributed by atoms with van der Waals surface area (Å²) in [5.41, 5.74) is 4.79. The highest BCUT2D eigenvalue weighted by Crippen LogP contribution is 2.24. The van der Waals surface area contributed by atoms with Gasteiger partial charge in [0.15, 0.2) is 0 Å². The number of nitrogens with one attached hydrogen (secondary N) is 1. The minimum atomic E-state index is -0.0736. The van der Waals surface area contributed by atoms with Crippen molar-refractivity contribution >= 4 is 17.7 Å².